The second kappa shape index (κ2) is 8.06. The average molecular weight is 348 g/mol. The largest absolute Gasteiger partial charge is 0.452 e. The number of nitrogens with one attached hydrogen (secondary N) is 3. The molecule has 2 aromatic rings. The van der Waals surface area contributed by atoms with Gasteiger partial charge in [0.15, 0.2) is 6.61 Å². The van der Waals surface area contributed by atoms with E-state index < -0.39 is 24.4 Å². The summed E-state index contributed by atoms with van der Waals surface area (Å²) >= 11 is 1.13. The third-order valence-corrected chi connectivity index (χ3v) is 3.94. The van der Waals surface area contributed by atoms with E-state index >= 15 is 0 Å². The molecule has 0 radical (unpaired) electrons. The number of carbonyl (C=O) groups is 3. The Balaban J connectivity index is 1.82. The summed E-state index contributed by atoms with van der Waals surface area (Å²) in [7, 11) is 1.66. The summed E-state index contributed by atoms with van der Waals surface area (Å²) in [5.74, 6) is -1.78. The first-order valence-corrected chi connectivity index (χ1v) is 7.75. The summed E-state index contributed by atoms with van der Waals surface area (Å²) in [6.45, 7) is 1.15. The van der Waals surface area contributed by atoms with Gasteiger partial charge in [-0.05, 0) is 30.6 Å². The normalized spacial score (nSPS) is 9.92. The first kappa shape index (κ1) is 17.4. The second-order valence-corrected chi connectivity index (χ2v) is 5.44. The SMILES string of the molecule is CNc1snc(C)c1C(=O)OCC(=O)NNC(=O)c1ccccc1. The number of aryl methyl sites for hydroxylation is 1. The molecule has 0 bridgehead atoms. The molecule has 0 aliphatic heterocycles. The van der Waals surface area contributed by atoms with Crippen molar-refractivity contribution in [1.29, 1.82) is 0 Å². The molecule has 0 saturated heterocycles. The van der Waals surface area contributed by atoms with Gasteiger partial charge in [-0.3, -0.25) is 20.4 Å². The molecule has 1 heterocycles. The minimum absolute atomic E-state index is 0.295. The predicted molar refractivity (Wildman–Crippen MR) is 88.7 cm³/mol. The number of hydrogen-bond donors (Lipinski definition) is 3. The fourth-order valence-electron chi connectivity index (χ4n) is 1.81. The topological polar surface area (TPSA) is 109 Å². The molecule has 3 N–H and O–H groups in total. The smallest absolute Gasteiger partial charge is 0.343 e. The number of rotatable bonds is 5. The highest BCUT2D eigenvalue weighted by Gasteiger charge is 2.20. The summed E-state index contributed by atoms with van der Waals surface area (Å²) < 4.78 is 8.98. The number of carbonyl (C=O) groups excluding carboxylic acids is 3. The van der Waals surface area contributed by atoms with E-state index in [1.807, 2.05) is 0 Å². The van der Waals surface area contributed by atoms with E-state index in [1.165, 1.54) is 0 Å². The minimum atomic E-state index is -0.657. The Bertz CT molecular complexity index is 745. The van der Waals surface area contributed by atoms with Crippen molar-refractivity contribution < 1.29 is 19.1 Å². The van der Waals surface area contributed by atoms with E-state index in [0.717, 1.165) is 11.5 Å². The van der Waals surface area contributed by atoms with Gasteiger partial charge in [0.25, 0.3) is 11.8 Å². The zero-order chi connectivity index (χ0) is 17.5. The van der Waals surface area contributed by atoms with Gasteiger partial charge in [0.1, 0.15) is 10.6 Å². The molecule has 0 aliphatic carbocycles. The molecule has 0 fully saturated rings. The predicted octanol–water partition coefficient (Wildman–Crippen LogP) is 1.11. The summed E-state index contributed by atoms with van der Waals surface area (Å²) in [5, 5.41) is 3.41. The molecule has 0 aliphatic rings. The van der Waals surface area contributed by atoms with Crippen LogP contribution in [0.3, 0.4) is 0 Å². The van der Waals surface area contributed by atoms with E-state index in [2.05, 4.69) is 20.5 Å². The van der Waals surface area contributed by atoms with Crippen LogP contribution >= 0.6 is 11.5 Å². The zero-order valence-electron chi connectivity index (χ0n) is 13.1. The van der Waals surface area contributed by atoms with Crippen molar-refractivity contribution in [3.05, 3.63) is 47.2 Å². The molecular formula is C15H16N4O4S. The number of anilines is 1. The van der Waals surface area contributed by atoms with Gasteiger partial charge in [0.2, 0.25) is 0 Å². The standard InChI is InChI=1S/C15H16N4O4S/c1-9-12(14(16-2)24-19-9)15(22)23-8-11(20)17-18-13(21)10-6-4-3-5-7-10/h3-7,16H,8H2,1-2H3,(H,17,20)(H,18,21). The van der Waals surface area contributed by atoms with E-state index in [4.69, 9.17) is 4.74 Å². The van der Waals surface area contributed by atoms with Gasteiger partial charge in [-0.25, -0.2) is 4.79 Å². The van der Waals surface area contributed by atoms with Crippen molar-refractivity contribution in [3.63, 3.8) is 0 Å². The highest BCUT2D eigenvalue weighted by molar-refractivity contribution is 7.10. The lowest BCUT2D eigenvalue weighted by Crippen LogP contribution is -2.43. The van der Waals surface area contributed by atoms with Crippen LogP contribution < -0.4 is 16.2 Å². The first-order chi connectivity index (χ1) is 11.5. The second-order valence-electron chi connectivity index (χ2n) is 4.67. The summed E-state index contributed by atoms with van der Waals surface area (Å²) in [6.07, 6.45) is 0. The van der Waals surface area contributed by atoms with Gasteiger partial charge >= 0.3 is 5.97 Å². The lowest BCUT2D eigenvalue weighted by atomic mass is 10.2. The van der Waals surface area contributed by atoms with Crippen molar-refractivity contribution in [2.75, 3.05) is 19.0 Å². The van der Waals surface area contributed by atoms with Crippen molar-refractivity contribution in [1.82, 2.24) is 15.2 Å². The molecule has 1 aromatic heterocycles. The monoisotopic (exact) mass is 348 g/mol. The fourth-order valence-corrected chi connectivity index (χ4v) is 2.54. The number of nitrogens with zero attached hydrogens (tertiary/aromatic N) is 1. The molecule has 0 unspecified atom stereocenters. The van der Waals surface area contributed by atoms with Crippen LogP contribution in [0.4, 0.5) is 5.00 Å². The molecule has 126 valence electrons. The van der Waals surface area contributed by atoms with E-state index in [1.54, 1.807) is 44.3 Å². The molecule has 2 amide bonds. The van der Waals surface area contributed by atoms with Crippen LogP contribution in [0.1, 0.15) is 26.4 Å². The van der Waals surface area contributed by atoms with Gasteiger partial charge in [-0.15, -0.1) is 0 Å². The number of aromatic nitrogens is 1. The van der Waals surface area contributed by atoms with Gasteiger partial charge in [0, 0.05) is 12.6 Å². The van der Waals surface area contributed by atoms with Crippen LogP contribution in [0, 0.1) is 6.92 Å². The summed E-state index contributed by atoms with van der Waals surface area (Å²) in [4.78, 5) is 35.4. The number of amides is 2. The number of hydrogen-bond acceptors (Lipinski definition) is 7. The molecule has 0 spiro atoms. The van der Waals surface area contributed by atoms with Crippen LogP contribution in [0.15, 0.2) is 30.3 Å². The maximum absolute atomic E-state index is 12.0. The Hall–Kier alpha value is -2.94. The highest BCUT2D eigenvalue weighted by Crippen LogP contribution is 2.24. The molecule has 9 heteroatoms. The third kappa shape index (κ3) is 4.29. The maximum atomic E-state index is 12.0. The maximum Gasteiger partial charge on any atom is 0.343 e. The number of esters is 1. The molecular weight excluding hydrogens is 332 g/mol. The average Bonchev–Trinajstić information content (AvgIpc) is 2.99. The highest BCUT2D eigenvalue weighted by atomic mass is 32.1. The lowest BCUT2D eigenvalue weighted by molar-refractivity contribution is -0.125. The number of benzene rings is 1. The van der Waals surface area contributed by atoms with Crippen LogP contribution in [0.5, 0.6) is 0 Å². The van der Waals surface area contributed by atoms with Crippen molar-refractivity contribution in [2.45, 2.75) is 6.92 Å². The van der Waals surface area contributed by atoms with Crippen molar-refractivity contribution in [2.24, 2.45) is 0 Å². The van der Waals surface area contributed by atoms with Gasteiger partial charge in [0.05, 0.1) is 5.69 Å². The van der Waals surface area contributed by atoms with Gasteiger partial charge < -0.3 is 10.1 Å². The van der Waals surface area contributed by atoms with E-state index in [9.17, 15) is 14.4 Å². The number of hydrazine groups is 1. The van der Waals surface area contributed by atoms with Crippen molar-refractivity contribution in [3.8, 4) is 0 Å². The first-order valence-electron chi connectivity index (χ1n) is 6.98. The zero-order valence-corrected chi connectivity index (χ0v) is 13.9. The Kier molecular flexibility index (Phi) is 5.85. The van der Waals surface area contributed by atoms with Crippen LogP contribution in [-0.4, -0.2) is 35.8 Å². The molecule has 1 aromatic carbocycles. The Labute approximate surface area is 142 Å². The van der Waals surface area contributed by atoms with E-state index in [-0.39, 0.29) is 0 Å². The molecule has 8 nitrogen and oxygen atoms in total. The van der Waals surface area contributed by atoms with Crippen LogP contribution in [0.25, 0.3) is 0 Å². The Morgan fingerprint density at radius 3 is 2.54 bits per heavy atom. The van der Waals surface area contributed by atoms with Crippen molar-refractivity contribution >= 4 is 34.3 Å². The lowest BCUT2D eigenvalue weighted by Gasteiger charge is -2.08. The minimum Gasteiger partial charge on any atom is -0.452 e. The molecule has 2 rings (SSSR count). The Morgan fingerprint density at radius 2 is 1.88 bits per heavy atom. The number of ether oxygens (including phenoxy) is 1. The molecule has 0 saturated carbocycles. The van der Waals surface area contributed by atoms with Crippen LogP contribution in [-0.2, 0) is 9.53 Å². The Morgan fingerprint density at radius 1 is 1.17 bits per heavy atom. The van der Waals surface area contributed by atoms with Gasteiger partial charge in [-0.2, -0.15) is 4.37 Å². The summed E-state index contributed by atoms with van der Waals surface area (Å²) in [5.41, 5.74) is 5.63. The fraction of sp³-hybridized carbons (Fsp3) is 0.200. The van der Waals surface area contributed by atoms with E-state index in [0.29, 0.717) is 21.8 Å². The quantitative estimate of drug-likeness (QED) is 0.552. The third-order valence-electron chi connectivity index (χ3n) is 2.98. The van der Waals surface area contributed by atoms with Gasteiger partial charge in [-0.1, -0.05) is 18.2 Å². The molecule has 0 atom stereocenters. The molecule has 24 heavy (non-hydrogen) atoms. The van der Waals surface area contributed by atoms with Crippen LogP contribution in [0.2, 0.25) is 0 Å². The summed E-state index contributed by atoms with van der Waals surface area (Å²) in [6, 6.07) is 8.39.